The second kappa shape index (κ2) is 10.0. The quantitative estimate of drug-likeness (QED) is 0.488. The van der Waals surface area contributed by atoms with Crippen LogP contribution in [0.25, 0.3) is 0 Å². The smallest absolute Gasteiger partial charge is 0.411 e. The SMILES string of the molecule is CCOC(=O)Nc1cccc(C(=O)OCc2nc(N)nc(Nc3ccc(C)cc3)n2)c1. The summed E-state index contributed by atoms with van der Waals surface area (Å²) in [5, 5.41) is 5.56. The number of hydrogen-bond acceptors (Lipinski definition) is 9. The van der Waals surface area contributed by atoms with E-state index in [2.05, 4.69) is 25.6 Å². The molecule has 0 atom stereocenters. The summed E-state index contributed by atoms with van der Waals surface area (Å²) in [6.07, 6.45) is -0.609. The Morgan fingerprint density at radius 1 is 1.00 bits per heavy atom. The van der Waals surface area contributed by atoms with Gasteiger partial charge in [-0.3, -0.25) is 5.32 Å². The fourth-order valence-corrected chi connectivity index (χ4v) is 2.55. The van der Waals surface area contributed by atoms with Crippen LogP contribution in [0.15, 0.2) is 48.5 Å². The molecule has 1 aromatic heterocycles. The van der Waals surface area contributed by atoms with E-state index < -0.39 is 12.1 Å². The van der Waals surface area contributed by atoms with Crippen LogP contribution in [0.3, 0.4) is 0 Å². The molecule has 0 spiro atoms. The van der Waals surface area contributed by atoms with E-state index >= 15 is 0 Å². The number of aromatic nitrogens is 3. The first-order valence-corrected chi connectivity index (χ1v) is 9.48. The van der Waals surface area contributed by atoms with Gasteiger partial charge in [0.1, 0.15) is 0 Å². The highest BCUT2D eigenvalue weighted by molar-refractivity contribution is 5.92. The first-order valence-electron chi connectivity index (χ1n) is 9.48. The number of rotatable bonds is 7. The number of nitrogens with one attached hydrogen (secondary N) is 2. The molecule has 31 heavy (non-hydrogen) atoms. The van der Waals surface area contributed by atoms with Crippen LogP contribution < -0.4 is 16.4 Å². The molecule has 0 fully saturated rings. The standard InChI is InChI=1S/C21H22N6O4/c1-3-30-21(29)24-16-6-4-5-14(11-16)18(28)31-12-17-25-19(22)27-20(26-17)23-15-9-7-13(2)8-10-15/h4-11H,3,12H2,1-2H3,(H,24,29)(H3,22,23,25,26,27). The summed E-state index contributed by atoms with van der Waals surface area (Å²) in [6.45, 7) is 3.72. The summed E-state index contributed by atoms with van der Waals surface area (Å²) in [7, 11) is 0. The van der Waals surface area contributed by atoms with Gasteiger partial charge in [0, 0.05) is 11.4 Å². The van der Waals surface area contributed by atoms with Crippen molar-refractivity contribution in [2.45, 2.75) is 20.5 Å². The monoisotopic (exact) mass is 422 g/mol. The van der Waals surface area contributed by atoms with Gasteiger partial charge in [-0.1, -0.05) is 23.8 Å². The zero-order chi connectivity index (χ0) is 22.2. The average Bonchev–Trinajstić information content (AvgIpc) is 2.73. The van der Waals surface area contributed by atoms with Crippen molar-refractivity contribution in [1.29, 1.82) is 0 Å². The summed E-state index contributed by atoms with van der Waals surface area (Å²) < 4.78 is 10.1. The number of nitrogens with two attached hydrogens (primary N) is 1. The predicted molar refractivity (Wildman–Crippen MR) is 115 cm³/mol. The minimum Gasteiger partial charge on any atom is -0.454 e. The maximum atomic E-state index is 12.4. The number of aryl methyl sites for hydroxylation is 1. The Bertz CT molecular complexity index is 1070. The molecule has 0 aliphatic heterocycles. The highest BCUT2D eigenvalue weighted by atomic mass is 16.5. The molecule has 0 unspecified atom stereocenters. The first kappa shape index (κ1) is 21.5. The lowest BCUT2D eigenvalue weighted by molar-refractivity contribution is 0.0462. The normalized spacial score (nSPS) is 10.3. The van der Waals surface area contributed by atoms with Crippen LogP contribution in [0.1, 0.15) is 28.7 Å². The van der Waals surface area contributed by atoms with Gasteiger partial charge in [0.15, 0.2) is 12.4 Å². The Hall–Kier alpha value is -4.21. The molecule has 4 N–H and O–H groups in total. The third-order valence-electron chi connectivity index (χ3n) is 3.96. The summed E-state index contributed by atoms with van der Waals surface area (Å²) in [6, 6.07) is 13.9. The number of nitrogen functional groups attached to an aromatic ring is 1. The van der Waals surface area contributed by atoms with Crippen LogP contribution in [0, 0.1) is 6.92 Å². The predicted octanol–water partition coefficient (Wildman–Crippen LogP) is 3.43. The molecule has 10 heteroatoms. The number of ether oxygens (including phenoxy) is 2. The van der Waals surface area contributed by atoms with Gasteiger partial charge in [-0.15, -0.1) is 0 Å². The molecular formula is C21H22N6O4. The summed E-state index contributed by atoms with van der Waals surface area (Å²) >= 11 is 0. The summed E-state index contributed by atoms with van der Waals surface area (Å²) in [4.78, 5) is 36.2. The van der Waals surface area contributed by atoms with Gasteiger partial charge in [0.25, 0.3) is 0 Å². The van der Waals surface area contributed by atoms with Gasteiger partial charge in [0.05, 0.1) is 12.2 Å². The van der Waals surface area contributed by atoms with Crippen molar-refractivity contribution in [2.24, 2.45) is 0 Å². The van der Waals surface area contributed by atoms with Crippen molar-refractivity contribution in [2.75, 3.05) is 23.0 Å². The molecule has 3 aromatic rings. The van der Waals surface area contributed by atoms with Crippen molar-refractivity contribution in [3.8, 4) is 0 Å². The highest BCUT2D eigenvalue weighted by Crippen LogP contribution is 2.16. The van der Waals surface area contributed by atoms with Gasteiger partial charge < -0.3 is 20.5 Å². The zero-order valence-electron chi connectivity index (χ0n) is 17.1. The van der Waals surface area contributed by atoms with E-state index in [1.54, 1.807) is 25.1 Å². The van der Waals surface area contributed by atoms with Crippen molar-refractivity contribution in [1.82, 2.24) is 15.0 Å². The fourth-order valence-electron chi connectivity index (χ4n) is 2.55. The van der Waals surface area contributed by atoms with Crippen molar-refractivity contribution in [3.05, 3.63) is 65.5 Å². The van der Waals surface area contributed by atoms with Crippen LogP contribution in [0.4, 0.5) is 28.1 Å². The Kier molecular flexibility index (Phi) is 6.94. The Morgan fingerprint density at radius 2 is 1.77 bits per heavy atom. The Labute approximate surface area is 178 Å². The molecule has 2 aromatic carbocycles. The second-order valence-electron chi connectivity index (χ2n) is 6.43. The van der Waals surface area contributed by atoms with Gasteiger partial charge in [-0.05, 0) is 44.2 Å². The average molecular weight is 422 g/mol. The molecule has 0 bridgehead atoms. The van der Waals surface area contributed by atoms with Crippen molar-refractivity contribution < 1.29 is 19.1 Å². The molecule has 3 rings (SSSR count). The van der Waals surface area contributed by atoms with Crippen molar-refractivity contribution in [3.63, 3.8) is 0 Å². The molecular weight excluding hydrogens is 400 g/mol. The van der Waals surface area contributed by atoms with E-state index in [0.29, 0.717) is 5.69 Å². The van der Waals surface area contributed by atoms with E-state index in [1.165, 1.54) is 6.07 Å². The van der Waals surface area contributed by atoms with E-state index in [0.717, 1.165) is 11.3 Å². The molecule has 0 aliphatic rings. The second-order valence-corrected chi connectivity index (χ2v) is 6.43. The number of hydrogen-bond donors (Lipinski definition) is 3. The van der Waals surface area contributed by atoms with Crippen LogP contribution in [-0.2, 0) is 16.1 Å². The van der Waals surface area contributed by atoms with Crippen LogP contribution in [0.5, 0.6) is 0 Å². The van der Waals surface area contributed by atoms with Gasteiger partial charge in [-0.25, -0.2) is 9.59 Å². The zero-order valence-corrected chi connectivity index (χ0v) is 17.1. The fraction of sp³-hybridized carbons (Fsp3) is 0.190. The first-order chi connectivity index (χ1) is 14.9. The number of anilines is 4. The number of esters is 1. The molecule has 10 nitrogen and oxygen atoms in total. The summed E-state index contributed by atoms with van der Waals surface area (Å²) in [5.74, 6) is -0.185. The third-order valence-corrected chi connectivity index (χ3v) is 3.96. The molecule has 1 heterocycles. The highest BCUT2D eigenvalue weighted by Gasteiger charge is 2.12. The van der Waals surface area contributed by atoms with Crippen LogP contribution in [-0.4, -0.2) is 33.6 Å². The van der Waals surface area contributed by atoms with Crippen LogP contribution in [0.2, 0.25) is 0 Å². The Morgan fingerprint density at radius 3 is 2.52 bits per heavy atom. The number of benzene rings is 2. The minimum absolute atomic E-state index is 0.00343. The molecule has 0 saturated carbocycles. The van der Waals surface area contributed by atoms with E-state index in [1.807, 2.05) is 31.2 Å². The number of carbonyl (C=O) groups is 2. The van der Waals surface area contributed by atoms with Gasteiger partial charge >= 0.3 is 12.1 Å². The lowest BCUT2D eigenvalue weighted by atomic mass is 10.2. The number of nitrogens with zero attached hydrogens (tertiary/aromatic N) is 3. The molecule has 0 saturated heterocycles. The summed E-state index contributed by atoms with van der Waals surface area (Å²) in [5.41, 5.74) is 8.30. The van der Waals surface area contributed by atoms with Crippen LogP contribution >= 0.6 is 0 Å². The lowest BCUT2D eigenvalue weighted by Gasteiger charge is -2.09. The largest absolute Gasteiger partial charge is 0.454 e. The van der Waals surface area contributed by atoms with E-state index in [9.17, 15) is 9.59 Å². The topological polar surface area (TPSA) is 141 Å². The lowest BCUT2D eigenvalue weighted by Crippen LogP contribution is -2.14. The molecule has 0 radical (unpaired) electrons. The van der Waals surface area contributed by atoms with Gasteiger partial charge in [0.2, 0.25) is 11.9 Å². The minimum atomic E-state index is -0.612. The van der Waals surface area contributed by atoms with Gasteiger partial charge in [-0.2, -0.15) is 15.0 Å². The van der Waals surface area contributed by atoms with Crippen molar-refractivity contribution >= 4 is 35.3 Å². The van der Waals surface area contributed by atoms with E-state index in [4.69, 9.17) is 15.2 Å². The van der Waals surface area contributed by atoms with E-state index in [-0.39, 0.29) is 36.5 Å². The number of amides is 1. The Balaban J connectivity index is 1.64. The third kappa shape index (κ3) is 6.39. The maximum Gasteiger partial charge on any atom is 0.411 e. The molecule has 0 aliphatic carbocycles. The maximum absolute atomic E-state index is 12.4. The molecule has 160 valence electrons. The number of carbonyl (C=O) groups excluding carboxylic acids is 2. The molecule has 1 amide bonds.